The molecule has 0 spiro atoms. The molecule has 0 bridgehead atoms. The normalized spacial score (nSPS) is 8.71. The molecule has 0 heterocycles. The van der Waals surface area contributed by atoms with Crippen LogP contribution in [0.1, 0.15) is 24.2 Å². The highest BCUT2D eigenvalue weighted by atomic mass is 16.5. The van der Waals surface area contributed by atoms with Gasteiger partial charge < -0.3 is 10.1 Å². The first-order valence-corrected chi connectivity index (χ1v) is 6.06. The number of nitrogens with one attached hydrogen (secondary N) is 1. The number of nitrogens with zero attached hydrogens (tertiary/aromatic N) is 3. The molecule has 1 rings (SSSR count). The number of hydrogen-bond acceptors (Lipinski definition) is 6. The second-order valence-corrected chi connectivity index (χ2v) is 3.91. The van der Waals surface area contributed by atoms with Crippen molar-refractivity contribution in [3.05, 3.63) is 35.0 Å². The minimum Gasteiger partial charge on any atom is -0.492 e. The van der Waals surface area contributed by atoms with Crippen LogP contribution in [0.5, 0.6) is 5.75 Å². The van der Waals surface area contributed by atoms with Crippen LogP contribution in [0.2, 0.25) is 0 Å². The fourth-order valence-corrected chi connectivity index (χ4v) is 1.55. The highest BCUT2D eigenvalue weighted by Gasteiger charge is 2.12. The van der Waals surface area contributed by atoms with E-state index in [1.807, 2.05) is 0 Å². The Morgan fingerprint density at radius 2 is 1.90 bits per heavy atom. The van der Waals surface area contributed by atoms with Crippen molar-refractivity contribution in [1.29, 1.82) is 15.8 Å². The fourth-order valence-electron chi connectivity index (χ4n) is 1.55. The zero-order valence-electron chi connectivity index (χ0n) is 11.6. The first-order chi connectivity index (χ1) is 10.1. The first kappa shape index (κ1) is 15.8. The van der Waals surface area contributed by atoms with Crippen molar-refractivity contribution in [3.8, 4) is 24.0 Å². The molecule has 0 aromatic heterocycles. The number of nitriles is 3. The van der Waals surface area contributed by atoms with Gasteiger partial charge in [0.15, 0.2) is 11.4 Å². The van der Waals surface area contributed by atoms with Gasteiger partial charge in [-0.1, -0.05) is 0 Å². The maximum absolute atomic E-state index is 11.4. The molecule has 0 unspecified atom stereocenters. The van der Waals surface area contributed by atoms with Crippen molar-refractivity contribution in [1.82, 2.24) is 0 Å². The van der Waals surface area contributed by atoms with E-state index >= 15 is 0 Å². The molecule has 1 aromatic rings. The molecule has 0 aliphatic rings. The summed E-state index contributed by atoms with van der Waals surface area (Å²) in [6.45, 7) is 3.60. The number of ketones is 1. The molecule has 0 saturated carbocycles. The molecule has 6 nitrogen and oxygen atoms in total. The molecule has 0 atom stereocenters. The van der Waals surface area contributed by atoms with E-state index in [0.29, 0.717) is 23.6 Å². The lowest BCUT2D eigenvalue weighted by Gasteiger charge is -2.12. The number of ether oxygens (including phenoxy) is 1. The lowest BCUT2D eigenvalue weighted by atomic mass is 10.1. The van der Waals surface area contributed by atoms with Crippen molar-refractivity contribution in [2.75, 3.05) is 11.9 Å². The van der Waals surface area contributed by atoms with Crippen LogP contribution in [0, 0.1) is 34.0 Å². The predicted molar refractivity (Wildman–Crippen MR) is 75.1 cm³/mol. The van der Waals surface area contributed by atoms with Gasteiger partial charge in [-0.3, -0.25) is 4.79 Å². The lowest BCUT2D eigenvalue weighted by molar-refractivity contribution is 0.101. The highest BCUT2D eigenvalue weighted by molar-refractivity contribution is 5.95. The molecule has 0 radical (unpaired) electrons. The number of anilines is 1. The van der Waals surface area contributed by atoms with E-state index in [2.05, 4.69) is 5.32 Å². The Bertz CT molecular complexity index is 699. The Morgan fingerprint density at radius 3 is 2.38 bits per heavy atom. The summed E-state index contributed by atoms with van der Waals surface area (Å²) in [6, 6.07) is 9.73. The summed E-state index contributed by atoms with van der Waals surface area (Å²) in [5.41, 5.74) is 0.243. The molecule has 0 fully saturated rings. The van der Waals surface area contributed by atoms with Crippen LogP contribution in [0.4, 0.5) is 5.69 Å². The smallest absolute Gasteiger partial charge is 0.163 e. The average Bonchev–Trinajstić information content (AvgIpc) is 2.48. The summed E-state index contributed by atoms with van der Waals surface area (Å²) in [5, 5.41) is 29.3. The summed E-state index contributed by atoms with van der Waals surface area (Å²) in [7, 11) is 0. The number of hydrogen-bond donors (Lipinski definition) is 1. The molecule has 1 aromatic carbocycles. The Labute approximate surface area is 122 Å². The van der Waals surface area contributed by atoms with E-state index < -0.39 is 0 Å². The Balaban J connectivity index is 3.34. The molecule has 104 valence electrons. The molecule has 0 aliphatic heterocycles. The van der Waals surface area contributed by atoms with Crippen LogP contribution in [-0.2, 0) is 0 Å². The SMILES string of the molecule is CCOc1ccc(C(C)=O)cc1NC(C#N)=C(C#N)C#N. The van der Waals surface area contributed by atoms with Gasteiger partial charge in [-0.25, -0.2) is 0 Å². The molecule has 0 aliphatic carbocycles. The second-order valence-electron chi connectivity index (χ2n) is 3.91. The third-order valence-corrected chi connectivity index (χ3v) is 2.53. The molecular formula is C15H12N4O2. The van der Waals surface area contributed by atoms with E-state index in [1.54, 1.807) is 37.3 Å². The third-order valence-electron chi connectivity index (χ3n) is 2.53. The number of carbonyl (C=O) groups excluding carboxylic acids is 1. The van der Waals surface area contributed by atoms with Crippen LogP contribution in [0.3, 0.4) is 0 Å². The van der Waals surface area contributed by atoms with E-state index in [-0.39, 0.29) is 17.1 Å². The van der Waals surface area contributed by atoms with Gasteiger partial charge in [0.1, 0.15) is 29.7 Å². The summed E-state index contributed by atoms with van der Waals surface area (Å²) in [5.74, 6) is 0.273. The number of rotatable bonds is 5. The molecular weight excluding hydrogens is 268 g/mol. The van der Waals surface area contributed by atoms with E-state index in [4.69, 9.17) is 20.5 Å². The standard InChI is InChI=1S/C15H12N4O2/c1-3-21-15-5-4-11(10(2)20)6-13(15)19-14(9-18)12(7-16)8-17/h4-6,19H,3H2,1-2H3. The van der Waals surface area contributed by atoms with Crippen molar-refractivity contribution < 1.29 is 9.53 Å². The van der Waals surface area contributed by atoms with Crippen LogP contribution >= 0.6 is 0 Å². The Kier molecular flexibility index (Phi) is 5.50. The van der Waals surface area contributed by atoms with Crippen LogP contribution in [0.15, 0.2) is 29.5 Å². The van der Waals surface area contributed by atoms with Gasteiger partial charge in [-0.05, 0) is 32.0 Å². The number of carbonyl (C=O) groups is 1. The number of allylic oxidation sites excluding steroid dienone is 2. The third kappa shape index (κ3) is 3.83. The van der Waals surface area contributed by atoms with Gasteiger partial charge >= 0.3 is 0 Å². The average molecular weight is 280 g/mol. The molecule has 1 N–H and O–H groups in total. The monoisotopic (exact) mass is 280 g/mol. The highest BCUT2D eigenvalue weighted by Crippen LogP contribution is 2.28. The molecule has 21 heavy (non-hydrogen) atoms. The largest absolute Gasteiger partial charge is 0.492 e. The van der Waals surface area contributed by atoms with Crippen LogP contribution in [0.25, 0.3) is 0 Å². The quantitative estimate of drug-likeness (QED) is 0.655. The summed E-state index contributed by atoms with van der Waals surface area (Å²) >= 11 is 0. The van der Waals surface area contributed by atoms with Crippen LogP contribution in [-0.4, -0.2) is 12.4 Å². The maximum atomic E-state index is 11.4. The second kappa shape index (κ2) is 7.33. The number of Topliss-reactive ketones (excluding diaryl/α,β-unsaturated/α-hetero) is 1. The predicted octanol–water partition coefficient (Wildman–Crippen LogP) is 2.52. The van der Waals surface area contributed by atoms with E-state index in [0.717, 1.165) is 0 Å². The summed E-state index contributed by atoms with van der Waals surface area (Å²) in [6.07, 6.45) is 0. The van der Waals surface area contributed by atoms with Crippen molar-refractivity contribution in [3.63, 3.8) is 0 Å². The maximum Gasteiger partial charge on any atom is 0.163 e. The van der Waals surface area contributed by atoms with E-state index in [9.17, 15) is 4.79 Å². The minimum absolute atomic E-state index is 0.149. The minimum atomic E-state index is -0.340. The Hall–Kier alpha value is -3.30. The lowest BCUT2D eigenvalue weighted by Crippen LogP contribution is -2.05. The van der Waals surface area contributed by atoms with Gasteiger partial charge in [0.05, 0.1) is 12.3 Å². The van der Waals surface area contributed by atoms with Gasteiger partial charge in [-0.2, -0.15) is 15.8 Å². The van der Waals surface area contributed by atoms with Gasteiger partial charge in [0.25, 0.3) is 0 Å². The summed E-state index contributed by atoms with van der Waals surface area (Å²) in [4.78, 5) is 11.4. The van der Waals surface area contributed by atoms with Crippen LogP contribution < -0.4 is 10.1 Å². The number of benzene rings is 1. The molecule has 6 heteroatoms. The molecule has 0 amide bonds. The zero-order chi connectivity index (χ0) is 15.8. The van der Waals surface area contributed by atoms with Crippen molar-refractivity contribution in [2.24, 2.45) is 0 Å². The topological polar surface area (TPSA) is 110 Å². The first-order valence-electron chi connectivity index (χ1n) is 6.06. The van der Waals surface area contributed by atoms with Gasteiger partial charge in [-0.15, -0.1) is 0 Å². The summed E-state index contributed by atoms with van der Waals surface area (Å²) < 4.78 is 5.39. The van der Waals surface area contributed by atoms with Crippen molar-refractivity contribution in [2.45, 2.75) is 13.8 Å². The van der Waals surface area contributed by atoms with Gasteiger partial charge in [0, 0.05) is 5.56 Å². The van der Waals surface area contributed by atoms with E-state index in [1.165, 1.54) is 13.0 Å². The van der Waals surface area contributed by atoms with Gasteiger partial charge in [0.2, 0.25) is 0 Å². The Morgan fingerprint density at radius 1 is 1.24 bits per heavy atom. The fraction of sp³-hybridized carbons (Fsp3) is 0.200. The van der Waals surface area contributed by atoms with Crippen molar-refractivity contribution >= 4 is 11.5 Å². The zero-order valence-corrected chi connectivity index (χ0v) is 11.6. The molecule has 0 saturated heterocycles.